The number of ether oxygens (including phenoxy) is 1. The first-order valence-corrected chi connectivity index (χ1v) is 10.7. The average molecular weight is 436 g/mol. The molecule has 0 spiro atoms. The van der Waals surface area contributed by atoms with Crippen LogP contribution in [0.15, 0.2) is 48.5 Å². The Bertz CT molecular complexity index is 1050. The SMILES string of the molecule is CCCCC(=O)N(Cc1ccc(-c2ccccc2-c2nnn[nH]2)cc1)C(C)(C)C(=O)OC. The van der Waals surface area contributed by atoms with Crippen LogP contribution in [0.25, 0.3) is 22.5 Å². The van der Waals surface area contributed by atoms with Gasteiger partial charge in [-0.05, 0) is 47.4 Å². The van der Waals surface area contributed by atoms with Gasteiger partial charge in [-0.3, -0.25) is 4.79 Å². The summed E-state index contributed by atoms with van der Waals surface area (Å²) in [6.07, 6.45) is 2.08. The molecule has 0 aliphatic carbocycles. The molecule has 3 aromatic rings. The molecular weight excluding hydrogens is 406 g/mol. The van der Waals surface area contributed by atoms with Crippen LogP contribution in [0.3, 0.4) is 0 Å². The Morgan fingerprint density at radius 2 is 1.75 bits per heavy atom. The third-order valence-corrected chi connectivity index (χ3v) is 5.54. The number of carbonyl (C=O) groups is 2. The molecule has 8 heteroatoms. The number of methoxy groups -OCH3 is 1. The second kappa shape index (κ2) is 10.2. The van der Waals surface area contributed by atoms with E-state index in [0.29, 0.717) is 18.8 Å². The van der Waals surface area contributed by atoms with Gasteiger partial charge in [-0.25, -0.2) is 9.89 Å². The van der Waals surface area contributed by atoms with Crippen molar-refractivity contribution in [1.82, 2.24) is 25.5 Å². The minimum atomic E-state index is -1.07. The number of nitrogens with one attached hydrogen (secondary N) is 1. The first kappa shape index (κ1) is 23.1. The zero-order valence-corrected chi connectivity index (χ0v) is 19.0. The highest BCUT2D eigenvalue weighted by atomic mass is 16.5. The fraction of sp³-hybridized carbons (Fsp3) is 0.375. The molecule has 0 bridgehead atoms. The first-order valence-electron chi connectivity index (χ1n) is 10.7. The van der Waals surface area contributed by atoms with E-state index in [9.17, 15) is 9.59 Å². The Kier molecular flexibility index (Phi) is 7.35. The zero-order valence-electron chi connectivity index (χ0n) is 19.0. The molecule has 168 valence electrons. The fourth-order valence-corrected chi connectivity index (χ4v) is 3.61. The predicted octanol–water partition coefficient (Wildman–Crippen LogP) is 4.00. The van der Waals surface area contributed by atoms with Gasteiger partial charge in [0.25, 0.3) is 0 Å². The molecular formula is C24H29N5O3. The van der Waals surface area contributed by atoms with E-state index in [0.717, 1.165) is 35.1 Å². The van der Waals surface area contributed by atoms with Crippen molar-refractivity contribution in [2.45, 2.75) is 52.1 Å². The van der Waals surface area contributed by atoms with E-state index in [1.807, 2.05) is 55.5 Å². The van der Waals surface area contributed by atoms with Gasteiger partial charge >= 0.3 is 5.97 Å². The molecule has 0 unspecified atom stereocenters. The summed E-state index contributed by atoms with van der Waals surface area (Å²) in [7, 11) is 1.34. The first-order chi connectivity index (χ1) is 15.4. The highest BCUT2D eigenvalue weighted by molar-refractivity contribution is 5.87. The second-order valence-electron chi connectivity index (χ2n) is 8.13. The predicted molar refractivity (Wildman–Crippen MR) is 121 cm³/mol. The van der Waals surface area contributed by atoms with Crippen molar-refractivity contribution in [3.63, 3.8) is 0 Å². The lowest BCUT2D eigenvalue weighted by atomic mass is 9.97. The average Bonchev–Trinajstić information content (AvgIpc) is 3.35. The molecule has 8 nitrogen and oxygen atoms in total. The van der Waals surface area contributed by atoms with Crippen LogP contribution in [-0.4, -0.2) is 50.0 Å². The fourth-order valence-electron chi connectivity index (χ4n) is 3.61. The number of amides is 1. The third kappa shape index (κ3) is 5.01. The zero-order chi connectivity index (χ0) is 23.1. The number of tetrazole rings is 1. The Labute approximate surface area is 188 Å². The summed E-state index contributed by atoms with van der Waals surface area (Å²) in [5.41, 5.74) is 2.74. The van der Waals surface area contributed by atoms with Crippen LogP contribution in [0.5, 0.6) is 0 Å². The van der Waals surface area contributed by atoms with Crippen molar-refractivity contribution >= 4 is 11.9 Å². The maximum atomic E-state index is 12.9. The Morgan fingerprint density at radius 1 is 1.06 bits per heavy atom. The lowest BCUT2D eigenvalue weighted by molar-refractivity contribution is -0.160. The molecule has 0 aliphatic heterocycles. The number of benzene rings is 2. The minimum Gasteiger partial charge on any atom is -0.467 e. The van der Waals surface area contributed by atoms with Gasteiger partial charge in [-0.15, -0.1) is 5.10 Å². The molecule has 0 radical (unpaired) electrons. The molecule has 0 atom stereocenters. The topological polar surface area (TPSA) is 101 Å². The summed E-state index contributed by atoms with van der Waals surface area (Å²) < 4.78 is 4.96. The van der Waals surface area contributed by atoms with Crippen LogP contribution in [0.1, 0.15) is 45.6 Å². The quantitative estimate of drug-likeness (QED) is 0.510. The largest absolute Gasteiger partial charge is 0.467 e. The molecule has 0 aliphatic rings. The highest BCUT2D eigenvalue weighted by Gasteiger charge is 2.38. The molecule has 2 aromatic carbocycles. The van der Waals surface area contributed by atoms with Crippen molar-refractivity contribution < 1.29 is 14.3 Å². The number of aromatic nitrogens is 4. The Morgan fingerprint density at radius 3 is 2.34 bits per heavy atom. The second-order valence-corrected chi connectivity index (χ2v) is 8.13. The van der Waals surface area contributed by atoms with Crippen molar-refractivity contribution in [3.05, 3.63) is 54.1 Å². The maximum absolute atomic E-state index is 12.9. The van der Waals surface area contributed by atoms with Crippen molar-refractivity contribution in [3.8, 4) is 22.5 Å². The van der Waals surface area contributed by atoms with Gasteiger partial charge in [0.05, 0.1) is 7.11 Å². The van der Waals surface area contributed by atoms with E-state index >= 15 is 0 Å². The molecule has 32 heavy (non-hydrogen) atoms. The number of H-pyrrole nitrogens is 1. The molecule has 0 fully saturated rings. The maximum Gasteiger partial charge on any atom is 0.331 e. The Balaban J connectivity index is 1.87. The van der Waals surface area contributed by atoms with Crippen LogP contribution in [0.4, 0.5) is 0 Å². The van der Waals surface area contributed by atoms with Gasteiger partial charge in [0.2, 0.25) is 5.91 Å². The number of esters is 1. The van der Waals surface area contributed by atoms with Gasteiger partial charge < -0.3 is 9.64 Å². The lowest BCUT2D eigenvalue weighted by Gasteiger charge is -2.36. The molecule has 1 aromatic heterocycles. The van der Waals surface area contributed by atoms with E-state index in [1.54, 1.807) is 18.7 Å². The number of hydrogen-bond acceptors (Lipinski definition) is 6. The highest BCUT2D eigenvalue weighted by Crippen LogP contribution is 2.30. The number of hydrogen-bond donors (Lipinski definition) is 1. The van der Waals surface area contributed by atoms with Gasteiger partial charge in [0, 0.05) is 18.5 Å². The summed E-state index contributed by atoms with van der Waals surface area (Å²) in [6, 6.07) is 15.8. The van der Waals surface area contributed by atoms with E-state index < -0.39 is 11.5 Å². The molecule has 1 heterocycles. The summed E-state index contributed by atoms with van der Waals surface area (Å²) in [5, 5.41) is 14.2. The van der Waals surface area contributed by atoms with Gasteiger partial charge in [-0.1, -0.05) is 61.9 Å². The summed E-state index contributed by atoms with van der Waals surface area (Å²) in [6.45, 7) is 5.80. The number of aromatic amines is 1. The molecule has 0 saturated heterocycles. The van der Waals surface area contributed by atoms with Crippen molar-refractivity contribution in [2.24, 2.45) is 0 Å². The van der Waals surface area contributed by atoms with Crippen molar-refractivity contribution in [1.29, 1.82) is 0 Å². The molecule has 0 saturated carbocycles. The summed E-state index contributed by atoms with van der Waals surface area (Å²) >= 11 is 0. The number of nitrogens with zero attached hydrogens (tertiary/aromatic N) is 4. The number of rotatable bonds is 9. The van der Waals surface area contributed by atoms with E-state index in [2.05, 4.69) is 20.6 Å². The minimum absolute atomic E-state index is 0.0607. The van der Waals surface area contributed by atoms with Crippen molar-refractivity contribution in [2.75, 3.05) is 7.11 Å². The molecule has 1 N–H and O–H groups in total. The van der Waals surface area contributed by atoms with Crippen LogP contribution < -0.4 is 0 Å². The van der Waals surface area contributed by atoms with E-state index in [-0.39, 0.29) is 5.91 Å². The molecule has 3 rings (SSSR count). The smallest absolute Gasteiger partial charge is 0.331 e. The molecule has 1 amide bonds. The standard InChI is InChI=1S/C24H29N5O3/c1-5-6-11-21(30)29(24(2,3)23(31)32-4)16-17-12-14-18(15-13-17)19-9-7-8-10-20(19)22-25-27-28-26-22/h7-10,12-15H,5-6,11,16H2,1-4H3,(H,25,26,27,28). The normalized spacial score (nSPS) is 11.2. The van der Waals surface area contributed by atoms with Crippen LogP contribution in [0, 0.1) is 0 Å². The van der Waals surface area contributed by atoms with E-state index in [1.165, 1.54) is 7.11 Å². The Hall–Kier alpha value is -3.55. The summed E-state index contributed by atoms with van der Waals surface area (Å²) in [4.78, 5) is 26.9. The summed E-state index contributed by atoms with van der Waals surface area (Å²) in [5.74, 6) is 0.0975. The lowest BCUT2D eigenvalue weighted by Crippen LogP contribution is -2.53. The number of carbonyl (C=O) groups excluding carboxylic acids is 2. The van der Waals surface area contributed by atoms with Gasteiger partial charge in [0.1, 0.15) is 5.54 Å². The van der Waals surface area contributed by atoms with Crippen LogP contribution in [-0.2, 0) is 20.9 Å². The third-order valence-electron chi connectivity index (χ3n) is 5.54. The monoisotopic (exact) mass is 435 g/mol. The van der Waals surface area contributed by atoms with Gasteiger partial charge in [0.15, 0.2) is 5.82 Å². The van der Waals surface area contributed by atoms with Crippen LogP contribution >= 0.6 is 0 Å². The van der Waals surface area contributed by atoms with E-state index in [4.69, 9.17) is 4.74 Å². The van der Waals surface area contributed by atoms with Crippen LogP contribution in [0.2, 0.25) is 0 Å². The van der Waals surface area contributed by atoms with Gasteiger partial charge in [-0.2, -0.15) is 0 Å². The number of unbranched alkanes of at least 4 members (excludes halogenated alkanes) is 1.